The van der Waals surface area contributed by atoms with Gasteiger partial charge >= 0.3 is 0 Å². The van der Waals surface area contributed by atoms with Crippen LogP contribution >= 0.6 is 0 Å². The van der Waals surface area contributed by atoms with E-state index in [0.29, 0.717) is 6.10 Å². The normalized spacial score (nSPS) is 16.4. The summed E-state index contributed by atoms with van der Waals surface area (Å²) < 4.78 is 5.76. The molecule has 16 heavy (non-hydrogen) atoms. The topological polar surface area (TPSA) is 25.4 Å². The first-order chi connectivity index (χ1) is 7.88. The van der Waals surface area contributed by atoms with Gasteiger partial charge in [0.25, 0.3) is 0 Å². The lowest BCUT2D eigenvalue weighted by Gasteiger charge is -2.38. The zero-order chi connectivity index (χ0) is 11.2. The van der Waals surface area contributed by atoms with Crippen molar-refractivity contribution in [2.24, 2.45) is 0 Å². The minimum Gasteiger partial charge on any atom is -0.488 e. The predicted molar refractivity (Wildman–Crippen MR) is 63.2 cm³/mol. The van der Waals surface area contributed by atoms with Crippen LogP contribution in [0, 0.1) is 12.3 Å². The fraction of sp³-hybridized carbons (Fsp3) is 0.462. The van der Waals surface area contributed by atoms with Gasteiger partial charge in [-0.2, -0.15) is 0 Å². The van der Waals surface area contributed by atoms with Gasteiger partial charge in [-0.25, -0.2) is 0 Å². The largest absolute Gasteiger partial charge is 0.488 e. The highest BCUT2D eigenvalue weighted by Gasteiger charge is 2.27. The lowest BCUT2D eigenvalue weighted by molar-refractivity contribution is 0.0197. The molecule has 1 aromatic rings. The highest BCUT2D eigenvalue weighted by atomic mass is 16.5. The van der Waals surface area contributed by atoms with Crippen molar-refractivity contribution in [3.63, 3.8) is 0 Å². The molecule has 3 heteroatoms. The number of pyridine rings is 1. The lowest BCUT2D eigenvalue weighted by Crippen LogP contribution is -2.53. The van der Waals surface area contributed by atoms with Gasteiger partial charge in [-0.1, -0.05) is 0 Å². The maximum atomic E-state index is 5.76. The Morgan fingerprint density at radius 2 is 2.19 bits per heavy atom. The van der Waals surface area contributed by atoms with Crippen LogP contribution in [0.25, 0.3) is 0 Å². The van der Waals surface area contributed by atoms with Crippen LogP contribution in [0.3, 0.4) is 0 Å². The number of ether oxygens (including phenoxy) is 1. The summed E-state index contributed by atoms with van der Waals surface area (Å²) >= 11 is 0. The number of aromatic nitrogens is 1. The van der Waals surface area contributed by atoms with Gasteiger partial charge in [0, 0.05) is 31.9 Å². The monoisotopic (exact) mass is 216 g/mol. The van der Waals surface area contributed by atoms with Crippen molar-refractivity contribution in [3.05, 3.63) is 24.5 Å². The van der Waals surface area contributed by atoms with Crippen molar-refractivity contribution in [1.29, 1.82) is 0 Å². The van der Waals surface area contributed by atoms with Crippen molar-refractivity contribution in [2.75, 3.05) is 19.6 Å². The van der Waals surface area contributed by atoms with Crippen LogP contribution in [-0.4, -0.2) is 35.6 Å². The van der Waals surface area contributed by atoms with E-state index in [1.165, 1.54) is 0 Å². The maximum Gasteiger partial charge on any atom is 0.124 e. The fourth-order valence-electron chi connectivity index (χ4n) is 1.79. The van der Waals surface area contributed by atoms with Crippen LogP contribution in [-0.2, 0) is 0 Å². The highest BCUT2D eigenvalue weighted by Crippen LogP contribution is 2.17. The molecule has 2 heterocycles. The molecule has 1 aromatic heterocycles. The summed E-state index contributed by atoms with van der Waals surface area (Å²) in [7, 11) is 0. The Labute approximate surface area is 96.4 Å². The Bertz CT molecular complexity index is 352. The highest BCUT2D eigenvalue weighted by molar-refractivity contribution is 5.17. The summed E-state index contributed by atoms with van der Waals surface area (Å²) in [5, 5.41) is 0. The van der Waals surface area contributed by atoms with Crippen molar-refractivity contribution in [2.45, 2.75) is 18.9 Å². The molecule has 2 rings (SSSR count). The van der Waals surface area contributed by atoms with Gasteiger partial charge in [-0.05, 0) is 25.1 Å². The molecule has 1 fully saturated rings. The summed E-state index contributed by atoms with van der Waals surface area (Å²) in [6.07, 6.45) is 11.0. The van der Waals surface area contributed by atoms with Gasteiger partial charge in [-0.15, -0.1) is 12.3 Å². The Morgan fingerprint density at radius 1 is 1.44 bits per heavy atom. The number of terminal acetylenes is 1. The Hall–Kier alpha value is -1.53. The summed E-state index contributed by atoms with van der Waals surface area (Å²) in [6.45, 7) is 3.10. The van der Waals surface area contributed by atoms with Gasteiger partial charge in [0.05, 0.1) is 0 Å². The third kappa shape index (κ3) is 2.98. The number of likely N-dealkylation sites (tertiary alicyclic amines) is 1. The SMILES string of the molecule is C#CCCCN1CC(Oc2ccncc2)C1. The molecular formula is C13H16N2O. The van der Waals surface area contributed by atoms with Crippen molar-refractivity contribution >= 4 is 0 Å². The second kappa shape index (κ2) is 5.53. The molecule has 0 atom stereocenters. The Kier molecular flexibility index (Phi) is 3.79. The second-order valence-corrected chi connectivity index (χ2v) is 3.99. The van der Waals surface area contributed by atoms with Crippen LogP contribution in [0.5, 0.6) is 5.75 Å². The smallest absolute Gasteiger partial charge is 0.124 e. The second-order valence-electron chi connectivity index (χ2n) is 3.99. The Morgan fingerprint density at radius 3 is 2.88 bits per heavy atom. The first-order valence-corrected chi connectivity index (χ1v) is 5.61. The zero-order valence-corrected chi connectivity index (χ0v) is 9.30. The van der Waals surface area contributed by atoms with Crippen molar-refractivity contribution < 1.29 is 4.74 Å². The molecule has 0 radical (unpaired) electrons. The molecule has 1 aliphatic heterocycles. The third-order valence-electron chi connectivity index (χ3n) is 2.67. The molecule has 0 aromatic carbocycles. The molecule has 0 saturated carbocycles. The quantitative estimate of drug-likeness (QED) is 0.551. The molecule has 0 N–H and O–H groups in total. The number of hydrogen-bond acceptors (Lipinski definition) is 3. The maximum absolute atomic E-state index is 5.76. The minimum absolute atomic E-state index is 0.327. The van der Waals surface area contributed by atoms with Crippen LogP contribution in [0.2, 0.25) is 0 Å². The third-order valence-corrected chi connectivity index (χ3v) is 2.67. The van der Waals surface area contributed by atoms with E-state index in [4.69, 9.17) is 11.2 Å². The first-order valence-electron chi connectivity index (χ1n) is 5.61. The van der Waals surface area contributed by atoms with Crippen LogP contribution in [0.1, 0.15) is 12.8 Å². The summed E-state index contributed by atoms with van der Waals surface area (Å²) in [5.74, 6) is 3.56. The standard InChI is InChI=1S/C13H16N2O/c1-2-3-4-9-15-10-13(11-15)16-12-5-7-14-8-6-12/h1,5-8,13H,3-4,9-11H2. The minimum atomic E-state index is 0.327. The van der Waals surface area contributed by atoms with E-state index in [-0.39, 0.29) is 0 Å². The number of rotatable bonds is 5. The summed E-state index contributed by atoms with van der Waals surface area (Å²) in [5.41, 5.74) is 0. The summed E-state index contributed by atoms with van der Waals surface area (Å²) in [6, 6.07) is 3.78. The van der Waals surface area contributed by atoms with Gasteiger partial charge in [-0.3, -0.25) is 9.88 Å². The van der Waals surface area contributed by atoms with Crippen LogP contribution < -0.4 is 4.74 Å². The molecule has 0 unspecified atom stereocenters. The van der Waals surface area contributed by atoms with E-state index in [9.17, 15) is 0 Å². The fourth-order valence-corrected chi connectivity index (χ4v) is 1.79. The average Bonchev–Trinajstić information content (AvgIpc) is 2.27. The van der Waals surface area contributed by atoms with E-state index in [0.717, 1.165) is 38.2 Å². The van der Waals surface area contributed by atoms with Crippen molar-refractivity contribution in [3.8, 4) is 18.1 Å². The zero-order valence-electron chi connectivity index (χ0n) is 9.30. The van der Waals surface area contributed by atoms with E-state index < -0.39 is 0 Å². The lowest BCUT2D eigenvalue weighted by atomic mass is 10.1. The van der Waals surface area contributed by atoms with Gasteiger partial charge < -0.3 is 4.74 Å². The number of hydrogen-bond donors (Lipinski definition) is 0. The van der Waals surface area contributed by atoms with E-state index in [2.05, 4.69) is 15.8 Å². The van der Waals surface area contributed by atoms with Gasteiger partial charge in [0.2, 0.25) is 0 Å². The number of nitrogens with zero attached hydrogens (tertiary/aromatic N) is 2. The van der Waals surface area contributed by atoms with Crippen molar-refractivity contribution in [1.82, 2.24) is 9.88 Å². The molecular weight excluding hydrogens is 200 g/mol. The van der Waals surface area contributed by atoms with E-state index in [1.54, 1.807) is 12.4 Å². The Balaban J connectivity index is 1.64. The van der Waals surface area contributed by atoms with E-state index >= 15 is 0 Å². The summed E-state index contributed by atoms with van der Waals surface area (Å²) in [4.78, 5) is 6.32. The predicted octanol–water partition coefficient (Wildman–Crippen LogP) is 1.56. The van der Waals surface area contributed by atoms with Crippen LogP contribution in [0.4, 0.5) is 0 Å². The molecule has 1 aliphatic rings. The van der Waals surface area contributed by atoms with Gasteiger partial charge in [0.15, 0.2) is 0 Å². The first kappa shape index (κ1) is 11.0. The molecule has 1 saturated heterocycles. The van der Waals surface area contributed by atoms with E-state index in [1.807, 2.05) is 12.1 Å². The van der Waals surface area contributed by atoms with Gasteiger partial charge in [0.1, 0.15) is 11.9 Å². The molecule has 84 valence electrons. The molecule has 0 amide bonds. The average molecular weight is 216 g/mol. The number of unbranched alkanes of at least 4 members (excludes halogenated alkanes) is 1. The molecule has 0 bridgehead atoms. The molecule has 0 aliphatic carbocycles. The molecule has 3 nitrogen and oxygen atoms in total. The molecule has 0 spiro atoms. The van der Waals surface area contributed by atoms with Crippen LogP contribution in [0.15, 0.2) is 24.5 Å².